The van der Waals surface area contributed by atoms with Crippen molar-refractivity contribution in [3.8, 4) is 0 Å². The van der Waals surface area contributed by atoms with Gasteiger partial charge in [-0.1, -0.05) is 83.9 Å². The Kier molecular flexibility index (Phi) is 5.79. The summed E-state index contributed by atoms with van der Waals surface area (Å²) in [5.74, 6) is 0.0358. The van der Waals surface area contributed by atoms with Crippen LogP contribution in [0.15, 0.2) is 79.0 Å². The van der Waals surface area contributed by atoms with E-state index in [1.165, 1.54) is 11.1 Å². The molecule has 4 aromatic rings. The first-order chi connectivity index (χ1) is 14.1. The summed E-state index contributed by atoms with van der Waals surface area (Å²) in [6, 6.07) is 23.6. The molecule has 0 aliphatic rings. The lowest BCUT2D eigenvalue weighted by molar-refractivity contribution is 0.0945. The topological polar surface area (TPSA) is 44.9 Å². The zero-order valence-corrected chi connectivity index (χ0v) is 17.0. The molecule has 146 valence electrons. The second-order valence-electron chi connectivity index (χ2n) is 7.26. The first-order valence-electron chi connectivity index (χ1n) is 9.77. The van der Waals surface area contributed by atoms with E-state index in [1.807, 2.05) is 48.5 Å². The summed E-state index contributed by atoms with van der Waals surface area (Å²) in [5.41, 5.74) is 4.90. The minimum absolute atomic E-state index is 0.0358. The number of halogens is 1. The third kappa shape index (κ3) is 4.26. The zero-order valence-electron chi connectivity index (χ0n) is 16.3. The van der Waals surface area contributed by atoms with E-state index in [9.17, 15) is 4.79 Å². The largest absolute Gasteiger partial charge is 0.359 e. The van der Waals surface area contributed by atoms with Gasteiger partial charge in [0.1, 0.15) is 0 Å². The number of carbonyl (C=O) groups is 1. The Bertz CT molecular complexity index is 1120. The van der Waals surface area contributed by atoms with Crippen LogP contribution < -0.4 is 5.32 Å². The van der Waals surface area contributed by atoms with Crippen molar-refractivity contribution in [3.05, 3.63) is 106 Å². The molecule has 0 radical (unpaired) electrons. The fourth-order valence-electron chi connectivity index (χ4n) is 3.60. The van der Waals surface area contributed by atoms with Gasteiger partial charge in [0, 0.05) is 23.7 Å². The van der Waals surface area contributed by atoms with E-state index in [1.54, 1.807) is 6.20 Å². The van der Waals surface area contributed by atoms with Gasteiger partial charge >= 0.3 is 0 Å². The molecule has 0 saturated heterocycles. The number of aryl methyl sites for hydroxylation is 1. The Morgan fingerprint density at radius 2 is 1.76 bits per heavy atom. The maximum absolute atomic E-state index is 13.5. The van der Waals surface area contributed by atoms with Crippen molar-refractivity contribution in [1.82, 2.24) is 10.3 Å². The number of carbonyl (C=O) groups excluding carboxylic acids is 1. The molecule has 4 rings (SSSR count). The van der Waals surface area contributed by atoms with E-state index >= 15 is 0 Å². The number of aromatic amines is 1. The van der Waals surface area contributed by atoms with Crippen molar-refractivity contribution in [3.63, 3.8) is 0 Å². The number of nitrogens with one attached hydrogen (secondary N) is 2. The quantitative estimate of drug-likeness (QED) is 0.379. The van der Waals surface area contributed by atoms with Crippen LogP contribution in [-0.2, 0) is 6.42 Å². The van der Waals surface area contributed by atoms with Gasteiger partial charge in [-0.25, -0.2) is 0 Å². The predicted octanol–water partition coefficient (Wildman–Crippen LogP) is 5.89. The molecule has 0 amide bonds. The number of H-pyrrole nitrogens is 1. The van der Waals surface area contributed by atoms with E-state index in [0.717, 1.165) is 22.9 Å². The molecule has 1 atom stereocenters. The molecule has 0 aliphatic carbocycles. The summed E-state index contributed by atoms with van der Waals surface area (Å²) in [6.45, 7) is 2.79. The normalized spacial score (nSPS) is 12.2. The predicted molar refractivity (Wildman–Crippen MR) is 120 cm³/mol. The number of hydrogen-bond donors (Lipinski definition) is 2. The summed E-state index contributed by atoms with van der Waals surface area (Å²) in [6.07, 6.45) is 2.62. The highest BCUT2D eigenvalue weighted by molar-refractivity contribution is 6.35. The van der Waals surface area contributed by atoms with Crippen LogP contribution in [-0.4, -0.2) is 17.3 Å². The Hall–Kier alpha value is -2.88. The Morgan fingerprint density at radius 1 is 1.00 bits per heavy atom. The first kappa shape index (κ1) is 19.4. The van der Waals surface area contributed by atoms with E-state index in [2.05, 4.69) is 41.5 Å². The minimum Gasteiger partial charge on any atom is -0.359 e. The summed E-state index contributed by atoms with van der Waals surface area (Å²) < 4.78 is 0. The molecule has 0 bridgehead atoms. The van der Waals surface area contributed by atoms with Crippen LogP contribution in [0, 0.1) is 6.92 Å². The van der Waals surface area contributed by atoms with Crippen molar-refractivity contribution in [2.24, 2.45) is 0 Å². The van der Waals surface area contributed by atoms with Crippen molar-refractivity contribution >= 4 is 28.3 Å². The molecule has 2 N–H and O–H groups in total. The number of Topliss-reactive ketones (excluding diaryl/α,β-unsaturated/α-hetero) is 1. The Labute approximate surface area is 175 Å². The third-order valence-corrected chi connectivity index (χ3v) is 5.52. The average Bonchev–Trinajstić information content (AvgIpc) is 3.18. The number of benzene rings is 3. The van der Waals surface area contributed by atoms with Crippen LogP contribution in [0.4, 0.5) is 0 Å². The third-order valence-electron chi connectivity index (χ3n) is 5.21. The van der Waals surface area contributed by atoms with Gasteiger partial charge in [-0.2, -0.15) is 0 Å². The standard InChI is InChI=1S/C25H23ClN2O/c1-17-10-12-18(13-11-17)14-15-27-23(19-6-3-2-4-7-19)25(29)21-16-28-24-20(21)8-5-9-22(24)26/h2-13,16,23,27-28H,14-15H2,1H3/t23-/m0/s1. The molecule has 0 saturated carbocycles. The maximum atomic E-state index is 13.5. The van der Waals surface area contributed by atoms with Crippen molar-refractivity contribution in [2.75, 3.05) is 6.54 Å². The molecule has 0 aliphatic heterocycles. The molecule has 0 spiro atoms. The number of aromatic nitrogens is 1. The SMILES string of the molecule is Cc1ccc(CCN[C@H](C(=O)c2c[nH]c3c(Cl)cccc23)c2ccccc2)cc1. The maximum Gasteiger partial charge on any atom is 0.186 e. The van der Waals surface area contributed by atoms with Crippen molar-refractivity contribution in [2.45, 2.75) is 19.4 Å². The Morgan fingerprint density at radius 3 is 2.52 bits per heavy atom. The van der Waals surface area contributed by atoms with Gasteiger partial charge < -0.3 is 10.3 Å². The van der Waals surface area contributed by atoms with Gasteiger partial charge in [0.25, 0.3) is 0 Å². The monoisotopic (exact) mass is 402 g/mol. The van der Waals surface area contributed by atoms with Crippen molar-refractivity contribution in [1.29, 1.82) is 0 Å². The minimum atomic E-state index is -0.417. The van der Waals surface area contributed by atoms with Gasteiger partial charge in [0.2, 0.25) is 0 Å². The van der Waals surface area contributed by atoms with Gasteiger partial charge in [-0.05, 0) is 30.5 Å². The number of para-hydroxylation sites is 1. The smallest absolute Gasteiger partial charge is 0.186 e. The van der Waals surface area contributed by atoms with E-state index in [-0.39, 0.29) is 5.78 Å². The molecular weight excluding hydrogens is 380 g/mol. The highest BCUT2D eigenvalue weighted by Gasteiger charge is 2.24. The molecule has 1 heterocycles. The Balaban J connectivity index is 1.59. The molecule has 0 unspecified atom stereocenters. The van der Waals surface area contributed by atoms with Crippen LogP contribution in [0.5, 0.6) is 0 Å². The molecule has 1 aromatic heterocycles. The van der Waals surface area contributed by atoms with Gasteiger partial charge in [0.05, 0.1) is 16.6 Å². The average molecular weight is 403 g/mol. The summed E-state index contributed by atoms with van der Waals surface area (Å²) in [7, 11) is 0. The van der Waals surface area contributed by atoms with Gasteiger partial charge in [-0.15, -0.1) is 0 Å². The molecule has 3 aromatic carbocycles. The molecule has 29 heavy (non-hydrogen) atoms. The number of rotatable bonds is 7. The zero-order chi connectivity index (χ0) is 20.2. The van der Waals surface area contributed by atoms with Crippen molar-refractivity contribution < 1.29 is 4.79 Å². The van der Waals surface area contributed by atoms with E-state index < -0.39 is 6.04 Å². The number of hydrogen-bond acceptors (Lipinski definition) is 2. The van der Waals surface area contributed by atoms with Crippen LogP contribution >= 0.6 is 11.6 Å². The van der Waals surface area contributed by atoms with Crippen LogP contribution in [0.3, 0.4) is 0 Å². The lowest BCUT2D eigenvalue weighted by Gasteiger charge is -2.18. The van der Waals surface area contributed by atoms with Crippen LogP contribution in [0.2, 0.25) is 5.02 Å². The van der Waals surface area contributed by atoms with Crippen LogP contribution in [0.25, 0.3) is 10.9 Å². The summed E-state index contributed by atoms with van der Waals surface area (Å²) >= 11 is 6.28. The van der Waals surface area contributed by atoms with E-state index in [0.29, 0.717) is 17.1 Å². The van der Waals surface area contributed by atoms with Gasteiger partial charge in [0.15, 0.2) is 5.78 Å². The first-order valence-corrected chi connectivity index (χ1v) is 10.1. The summed E-state index contributed by atoms with van der Waals surface area (Å²) in [5, 5.41) is 4.94. The molecule has 3 nitrogen and oxygen atoms in total. The fraction of sp³-hybridized carbons (Fsp3) is 0.160. The highest BCUT2D eigenvalue weighted by atomic mass is 35.5. The summed E-state index contributed by atoms with van der Waals surface area (Å²) in [4.78, 5) is 16.6. The second-order valence-corrected chi connectivity index (χ2v) is 7.67. The molecule has 0 fully saturated rings. The highest BCUT2D eigenvalue weighted by Crippen LogP contribution is 2.28. The van der Waals surface area contributed by atoms with Gasteiger partial charge in [-0.3, -0.25) is 4.79 Å². The number of ketones is 1. The molecule has 4 heteroatoms. The molecular formula is C25H23ClN2O. The lowest BCUT2D eigenvalue weighted by Crippen LogP contribution is -2.30. The van der Waals surface area contributed by atoms with E-state index in [4.69, 9.17) is 11.6 Å². The fourth-order valence-corrected chi connectivity index (χ4v) is 3.83. The number of fused-ring (bicyclic) bond motifs is 1. The lowest BCUT2D eigenvalue weighted by atomic mass is 9.96. The second kappa shape index (κ2) is 8.64. The van der Waals surface area contributed by atoms with Crippen LogP contribution in [0.1, 0.15) is 33.1 Å².